The van der Waals surface area contributed by atoms with Gasteiger partial charge in [0, 0.05) is 35.9 Å². The fourth-order valence-corrected chi connectivity index (χ4v) is 3.95. The third-order valence-electron chi connectivity index (χ3n) is 5.27. The van der Waals surface area contributed by atoms with E-state index in [0.29, 0.717) is 0 Å². The Labute approximate surface area is 163 Å². The number of hydrogen-bond acceptors (Lipinski definition) is 3. The number of imidazole rings is 1. The molecule has 0 unspecified atom stereocenters. The summed E-state index contributed by atoms with van der Waals surface area (Å²) < 4.78 is 3.32. The summed E-state index contributed by atoms with van der Waals surface area (Å²) in [6.45, 7) is 9.62. The number of rotatable bonds is 3. The van der Waals surface area contributed by atoms with Crippen LogP contribution in [0.2, 0.25) is 0 Å². The molecular weight excluding hydrogens is 388 g/mol. The number of pyridine rings is 1. The molecule has 1 aromatic carbocycles. The highest BCUT2D eigenvalue weighted by Gasteiger charge is 2.18. The van der Waals surface area contributed by atoms with Crippen LogP contribution < -0.4 is 5.32 Å². The van der Waals surface area contributed by atoms with Crippen molar-refractivity contribution in [2.75, 3.05) is 26.2 Å². The van der Waals surface area contributed by atoms with Crippen LogP contribution in [0.4, 0.5) is 0 Å². The minimum absolute atomic E-state index is 0.918. The summed E-state index contributed by atoms with van der Waals surface area (Å²) in [5.74, 6) is 0. The lowest BCUT2D eigenvalue weighted by atomic mass is 10.0. The van der Waals surface area contributed by atoms with Gasteiger partial charge in [0.2, 0.25) is 0 Å². The largest absolute Gasteiger partial charge is 0.315 e. The van der Waals surface area contributed by atoms with E-state index in [9.17, 15) is 0 Å². The number of aryl methyl sites for hydroxylation is 2. The van der Waals surface area contributed by atoms with Gasteiger partial charge >= 0.3 is 0 Å². The highest BCUT2D eigenvalue weighted by atomic mass is 79.9. The molecule has 1 saturated heterocycles. The Hall–Kier alpha value is -1.69. The Balaban J connectivity index is 1.81. The molecule has 5 heteroatoms. The maximum absolute atomic E-state index is 4.98. The second kappa shape index (κ2) is 7.51. The van der Waals surface area contributed by atoms with E-state index in [4.69, 9.17) is 4.98 Å². The summed E-state index contributed by atoms with van der Waals surface area (Å²) in [6, 6.07) is 10.8. The van der Waals surface area contributed by atoms with Crippen molar-refractivity contribution in [1.82, 2.24) is 19.6 Å². The lowest BCUT2D eigenvalue weighted by Gasteiger charge is -2.20. The van der Waals surface area contributed by atoms with Crippen LogP contribution >= 0.6 is 15.9 Å². The first-order chi connectivity index (χ1) is 12.6. The second-order valence-electron chi connectivity index (χ2n) is 7.16. The average Bonchev–Trinajstić information content (AvgIpc) is 2.80. The molecule has 2 aromatic heterocycles. The van der Waals surface area contributed by atoms with E-state index >= 15 is 0 Å². The van der Waals surface area contributed by atoms with Crippen LogP contribution in [-0.4, -0.2) is 40.5 Å². The lowest BCUT2D eigenvalue weighted by molar-refractivity contribution is 0.281. The third-order valence-corrected chi connectivity index (χ3v) is 5.74. The Kier molecular flexibility index (Phi) is 5.11. The average molecular weight is 413 g/mol. The predicted octanol–water partition coefficient (Wildman–Crippen LogP) is 4.18. The highest BCUT2D eigenvalue weighted by Crippen LogP contribution is 2.28. The van der Waals surface area contributed by atoms with Crippen LogP contribution in [0.5, 0.6) is 0 Å². The molecular formula is C21H25BrN4. The number of nitrogens with one attached hydrogen (secondary N) is 1. The Morgan fingerprint density at radius 3 is 2.81 bits per heavy atom. The molecule has 3 aromatic rings. The monoisotopic (exact) mass is 412 g/mol. The van der Waals surface area contributed by atoms with Crippen LogP contribution in [0.3, 0.4) is 0 Å². The molecule has 1 aliphatic rings. The molecule has 0 spiro atoms. The molecule has 0 amide bonds. The standard InChI is InChI=1S/C21H25BrN4/c1-15-4-5-17(12-16(15)2)21-19(14-25-10-3-8-23-9-11-25)26-13-18(22)6-7-20(26)24-21/h4-7,12-13,23H,3,8-11,14H2,1-2H3. The van der Waals surface area contributed by atoms with Gasteiger partial charge in [-0.3, -0.25) is 4.90 Å². The molecule has 0 atom stereocenters. The molecule has 3 heterocycles. The van der Waals surface area contributed by atoms with Gasteiger partial charge in [-0.1, -0.05) is 12.1 Å². The number of fused-ring (bicyclic) bond motifs is 1. The van der Waals surface area contributed by atoms with Gasteiger partial charge in [0.15, 0.2) is 0 Å². The van der Waals surface area contributed by atoms with Crippen LogP contribution in [0.15, 0.2) is 41.0 Å². The Morgan fingerprint density at radius 2 is 1.96 bits per heavy atom. The first-order valence-corrected chi connectivity index (χ1v) is 10.1. The fraction of sp³-hybridized carbons (Fsp3) is 0.381. The van der Waals surface area contributed by atoms with Crippen molar-refractivity contribution in [3.05, 3.63) is 57.8 Å². The molecule has 1 fully saturated rings. The van der Waals surface area contributed by atoms with Crippen LogP contribution in [0, 0.1) is 13.8 Å². The summed E-state index contributed by atoms with van der Waals surface area (Å²) in [6.07, 6.45) is 3.33. The van der Waals surface area contributed by atoms with E-state index in [1.807, 2.05) is 0 Å². The minimum Gasteiger partial charge on any atom is -0.315 e. The number of aromatic nitrogens is 2. The highest BCUT2D eigenvalue weighted by molar-refractivity contribution is 9.10. The molecule has 0 aliphatic carbocycles. The smallest absolute Gasteiger partial charge is 0.137 e. The van der Waals surface area contributed by atoms with Crippen molar-refractivity contribution in [3.8, 4) is 11.3 Å². The van der Waals surface area contributed by atoms with E-state index in [-0.39, 0.29) is 0 Å². The molecule has 0 radical (unpaired) electrons. The molecule has 1 aliphatic heterocycles. The van der Waals surface area contributed by atoms with E-state index in [2.05, 4.69) is 80.9 Å². The van der Waals surface area contributed by atoms with Crippen molar-refractivity contribution < 1.29 is 0 Å². The van der Waals surface area contributed by atoms with Gasteiger partial charge in [0.1, 0.15) is 5.65 Å². The maximum atomic E-state index is 4.98. The second-order valence-corrected chi connectivity index (χ2v) is 8.08. The van der Waals surface area contributed by atoms with Crippen molar-refractivity contribution in [2.24, 2.45) is 0 Å². The van der Waals surface area contributed by atoms with E-state index in [1.165, 1.54) is 28.8 Å². The van der Waals surface area contributed by atoms with E-state index in [0.717, 1.165) is 48.5 Å². The van der Waals surface area contributed by atoms with Crippen molar-refractivity contribution in [2.45, 2.75) is 26.8 Å². The minimum atomic E-state index is 0.918. The summed E-state index contributed by atoms with van der Waals surface area (Å²) in [5, 5.41) is 3.49. The Morgan fingerprint density at radius 1 is 1.08 bits per heavy atom. The predicted molar refractivity (Wildman–Crippen MR) is 111 cm³/mol. The van der Waals surface area contributed by atoms with Gasteiger partial charge in [-0.25, -0.2) is 4.98 Å². The SMILES string of the molecule is Cc1ccc(-c2nc3ccc(Br)cn3c2CN2CCCNCC2)cc1C. The topological polar surface area (TPSA) is 32.6 Å². The van der Waals surface area contributed by atoms with Gasteiger partial charge in [0.05, 0.1) is 11.4 Å². The van der Waals surface area contributed by atoms with Gasteiger partial charge in [-0.2, -0.15) is 0 Å². The molecule has 4 rings (SSSR count). The maximum Gasteiger partial charge on any atom is 0.137 e. The Bertz CT molecular complexity index is 923. The first kappa shape index (κ1) is 17.7. The van der Waals surface area contributed by atoms with Crippen molar-refractivity contribution in [3.63, 3.8) is 0 Å². The molecule has 0 bridgehead atoms. The first-order valence-electron chi connectivity index (χ1n) is 9.29. The number of benzene rings is 1. The number of nitrogens with zero attached hydrogens (tertiary/aromatic N) is 3. The normalized spacial score (nSPS) is 16.1. The zero-order valence-electron chi connectivity index (χ0n) is 15.4. The van der Waals surface area contributed by atoms with Gasteiger partial charge < -0.3 is 9.72 Å². The van der Waals surface area contributed by atoms with Gasteiger partial charge in [-0.05, 0) is 78.6 Å². The van der Waals surface area contributed by atoms with Crippen LogP contribution in [0.25, 0.3) is 16.9 Å². The molecule has 0 saturated carbocycles. The fourth-order valence-electron chi connectivity index (χ4n) is 3.61. The molecule has 1 N–H and O–H groups in total. The molecule has 136 valence electrons. The lowest BCUT2D eigenvalue weighted by Crippen LogP contribution is -2.28. The summed E-state index contributed by atoms with van der Waals surface area (Å²) in [5.41, 5.74) is 7.21. The molecule has 26 heavy (non-hydrogen) atoms. The van der Waals surface area contributed by atoms with Gasteiger partial charge in [0.25, 0.3) is 0 Å². The van der Waals surface area contributed by atoms with Crippen LogP contribution in [0.1, 0.15) is 23.2 Å². The quantitative estimate of drug-likeness (QED) is 0.700. The summed E-state index contributed by atoms with van der Waals surface area (Å²) in [7, 11) is 0. The zero-order chi connectivity index (χ0) is 18.1. The van der Waals surface area contributed by atoms with Crippen LogP contribution in [-0.2, 0) is 6.54 Å². The summed E-state index contributed by atoms with van der Waals surface area (Å²) in [4.78, 5) is 7.52. The summed E-state index contributed by atoms with van der Waals surface area (Å²) >= 11 is 3.62. The van der Waals surface area contributed by atoms with E-state index in [1.54, 1.807) is 0 Å². The van der Waals surface area contributed by atoms with Gasteiger partial charge in [-0.15, -0.1) is 0 Å². The zero-order valence-corrected chi connectivity index (χ0v) is 17.0. The molecule has 4 nitrogen and oxygen atoms in total. The third kappa shape index (κ3) is 3.56. The van der Waals surface area contributed by atoms with Crippen molar-refractivity contribution in [1.29, 1.82) is 0 Å². The van der Waals surface area contributed by atoms with Crippen molar-refractivity contribution >= 4 is 21.6 Å². The number of halogens is 1. The number of hydrogen-bond donors (Lipinski definition) is 1. The van der Waals surface area contributed by atoms with E-state index < -0.39 is 0 Å².